The summed E-state index contributed by atoms with van der Waals surface area (Å²) in [7, 11) is 1.28. The molecular weight excluding hydrogens is 456 g/mol. The Balaban J connectivity index is 3.36. The number of hydrogen-bond acceptors (Lipinski definition) is 7. The van der Waals surface area contributed by atoms with Gasteiger partial charge in [-0.1, -0.05) is 26.0 Å². The van der Waals surface area contributed by atoms with Gasteiger partial charge in [0, 0.05) is 25.2 Å². The van der Waals surface area contributed by atoms with Crippen molar-refractivity contribution in [3.8, 4) is 0 Å². The number of urea groups is 1. The standard InChI is InChI=1S/C23H36N6O6/c1-14(2)20(28-18(30)10-11-24)22(33)29(17(21(25)32)5-4-12-27-23(26)34)16-8-6-15(7-9-16)13-19(31)35-3/h6-9,14,17,20H,4-5,10-13,24H2,1-3H3,(H2,25,32)(H,28,30)(H3,26,27,34)/t17-,20-/m0/s1. The third kappa shape index (κ3) is 9.61. The van der Waals surface area contributed by atoms with Crippen molar-refractivity contribution in [2.75, 3.05) is 25.1 Å². The van der Waals surface area contributed by atoms with Gasteiger partial charge in [-0.25, -0.2) is 4.79 Å². The van der Waals surface area contributed by atoms with Crippen molar-refractivity contribution in [1.82, 2.24) is 10.6 Å². The Hall–Kier alpha value is -3.67. The maximum atomic E-state index is 13.7. The lowest BCUT2D eigenvalue weighted by molar-refractivity contribution is -0.139. The van der Waals surface area contributed by atoms with Gasteiger partial charge in [0.2, 0.25) is 11.8 Å². The van der Waals surface area contributed by atoms with Crippen molar-refractivity contribution in [2.45, 2.75) is 51.6 Å². The van der Waals surface area contributed by atoms with E-state index in [0.717, 1.165) is 0 Å². The summed E-state index contributed by atoms with van der Waals surface area (Å²) < 4.78 is 4.67. The Kier molecular flexibility index (Phi) is 12.2. The summed E-state index contributed by atoms with van der Waals surface area (Å²) in [6, 6.07) is 3.72. The van der Waals surface area contributed by atoms with Gasteiger partial charge in [0.25, 0.3) is 5.91 Å². The van der Waals surface area contributed by atoms with E-state index in [-0.39, 0.29) is 38.3 Å². The molecule has 1 rings (SSSR count). The Morgan fingerprint density at radius 1 is 1.06 bits per heavy atom. The molecule has 0 saturated heterocycles. The van der Waals surface area contributed by atoms with Crippen molar-refractivity contribution >= 4 is 35.4 Å². The van der Waals surface area contributed by atoms with E-state index >= 15 is 0 Å². The van der Waals surface area contributed by atoms with Crippen LogP contribution in [0.1, 0.15) is 38.7 Å². The molecular formula is C23H36N6O6. The molecule has 2 atom stereocenters. The summed E-state index contributed by atoms with van der Waals surface area (Å²) in [5.41, 5.74) is 17.2. The molecule has 12 nitrogen and oxygen atoms in total. The first-order chi connectivity index (χ1) is 16.5. The van der Waals surface area contributed by atoms with Crippen LogP contribution in [-0.4, -0.2) is 62.0 Å². The normalized spacial score (nSPS) is 12.4. The first kappa shape index (κ1) is 29.4. The van der Waals surface area contributed by atoms with Crippen molar-refractivity contribution in [2.24, 2.45) is 23.1 Å². The maximum Gasteiger partial charge on any atom is 0.312 e. The predicted octanol–water partition coefficient (Wildman–Crippen LogP) is -0.473. The highest BCUT2D eigenvalue weighted by atomic mass is 16.5. The summed E-state index contributed by atoms with van der Waals surface area (Å²) in [5, 5.41) is 5.12. The molecule has 5 amide bonds. The topological polar surface area (TPSA) is 200 Å². The number of benzene rings is 1. The third-order valence-electron chi connectivity index (χ3n) is 5.24. The van der Waals surface area contributed by atoms with E-state index in [4.69, 9.17) is 17.2 Å². The van der Waals surface area contributed by atoms with Crippen LogP contribution in [0.4, 0.5) is 10.5 Å². The molecule has 0 bridgehead atoms. The second-order valence-corrected chi connectivity index (χ2v) is 8.31. The smallest absolute Gasteiger partial charge is 0.312 e. The fourth-order valence-electron chi connectivity index (χ4n) is 3.42. The number of amides is 5. The average Bonchev–Trinajstić information content (AvgIpc) is 2.79. The molecule has 1 aromatic rings. The SMILES string of the molecule is COC(=O)Cc1ccc(N(C(=O)[C@@H](NC(=O)CCN)C(C)C)[C@@H](CCCNC(N)=O)C(N)=O)cc1. The number of rotatable bonds is 14. The average molecular weight is 493 g/mol. The number of nitrogens with zero attached hydrogens (tertiary/aromatic N) is 1. The zero-order valence-corrected chi connectivity index (χ0v) is 20.4. The molecule has 12 heteroatoms. The van der Waals surface area contributed by atoms with E-state index in [1.54, 1.807) is 38.1 Å². The predicted molar refractivity (Wildman–Crippen MR) is 130 cm³/mol. The van der Waals surface area contributed by atoms with E-state index in [1.807, 2.05) is 0 Å². The molecule has 0 fully saturated rings. The van der Waals surface area contributed by atoms with E-state index in [2.05, 4.69) is 15.4 Å². The molecule has 0 radical (unpaired) electrons. The van der Waals surface area contributed by atoms with Gasteiger partial charge in [0.15, 0.2) is 0 Å². The third-order valence-corrected chi connectivity index (χ3v) is 5.24. The van der Waals surface area contributed by atoms with Crippen LogP contribution in [0, 0.1) is 5.92 Å². The number of primary amides is 2. The summed E-state index contributed by atoms with van der Waals surface area (Å²) in [6.07, 6.45) is 0.517. The molecule has 0 aliphatic heterocycles. The first-order valence-electron chi connectivity index (χ1n) is 11.3. The Morgan fingerprint density at radius 3 is 2.17 bits per heavy atom. The molecule has 1 aromatic carbocycles. The molecule has 8 N–H and O–H groups in total. The van der Waals surface area contributed by atoms with E-state index in [9.17, 15) is 24.0 Å². The van der Waals surface area contributed by atoms with E-state index in [1.165, 1.54) is 12.0 Å². The quantitative estimate of drug-likeness (QED) is 0.170. The fourth-order valence-corrected chi connectivity index (χ4v) is 3.42. The van der Waals surface area contributed by atoms with Crippen LogP contribution < -0.4 is 32.7 Å². The number of esters is 1. The number of hydrogen-bond donors (Lipinski definition) is 5. The lowest BCUT2D eigenvalue weighted by atomic mass is 9.99. The lowest BCUT2D eigenvalue weighted by Crippen LogP contribution is -2.57. The minimum atomic E-state index is -1.07. The van der Waals surface area contributed by atoms with Crippen LogP contribution in [0.25, 0.3) is 0 Å². The van der Waals surface area contributed by atoms with Gasteiger partial charge in [-0.05, 0) is 36.5 Å². The first-order valence-corrected chi connectivity index (χ1v) is 11.3. The van der Waals surface area contributed by atoms with Gasteiger partial charge in [-0.3, -0.25) is 24.1 Å². The van der Waals surface area contributed by atoms with Gasteiger partial charge in [-0.15, -0.1) is 0 Å². The van der Waals surface area contributed by atoms with Crippen LogP contribution in [0.3, 0.4) is 0 Å². The van der Waals surface area contributed by atoms with Crippen LogP contribution >= 0.6 is 0 Å². The molecule has 35 heavy (non-hydrogen) atoms. The Bertz CT molecular complexity index is 889. The number of anilines is 1. The summed E-state index contributed by atoms with van der Waals surface area (Å²) in [5.74, 6) is -2.42. The Morgan fingerprint density at radius 2 is 1.69 bits per heavy atom. The summed E-state index contributed by atoms with van der Waals surface area (Å²) in [4.78, 5) is 62.2. The van der Waals surface area contributed by atoms with Crippen molar-refractivity contribution < 1.29 is 28.7 Å². The summed E-state index contributed by atoms with van der Waals surface area (Å²) in [6.45, 7) is 3.82. The molecule has 0 unspecified atom stereocenters. The lowest BCUT2D eigenvalue weighted by Gasteiger charge is -2.34. The van der Waals surface area contributed by atoms with Crippen molar-refractivity contribution in [3.05, 3.63) is 29.8 Å². The number of carbonyl (C=O) groups excluding carboxylic acids is 5. The molecule has 0 aliphatic rings. The van der Waals surface area contributed by atoms with Gasteiger partial charge in [0.1, 0.15) is 12.1 Å². The minimum absolute atomic E-state index is 0.0343. The van der Waals surface area contributed by atoms with E-state index < -0.39 is 41.8 Å². The molecule has 194 valence electrons. The number of methoxy groups -OCH3 is 1. The van der Waals surface area contributed by atoms with Crippen LogP contribution in [0.5, 0.6) is 0 Å². The number of nitrogens with one attached hydrogen (secondary N) is 2. The highest BCUT2D eigenvalue weighted by Crippen LogP contribution is 2.24. The zero-order chi connectivity index (χ0) is 26.5. The molecule has 0 spiro atoms. The Labute approximate surface area is 204 Å². The van der Waals surface area contributed by atoms with Gasteiger partial charge in [0.05, 0.1) is 13.5 Å². The van der Waals surface area contributed by atoms with Crippen LogP contribution in [-0.2, 0) is 30.3 Å². The van der Waals surface area contributed by atoms with Gasteiger partial charge < -0.3 is 32.6 Å². The maximum absolute atomic E-state index is 13.7. The largest absolute Gasteiger partial charge is 0.469 e. The van der Waals surface area contributed by atoms with Crippen molar-refractivity contribution in [1.29, 1.82) is 0 Å². The monoisotopic (exact) mass is 492 g/mol. The molecule has 0 aromatic heterocycles. The highest BCUT2D eigenvalue weighted by Gasteiger charge is 2.35. The number of nitrogens with two attached hydrogens (primary N) is 3. The van der Waals surface area contributed by atoms with Gasteiger partial charge >= 0.3 is 12.0 Å². The zero-order valence-electron chi connectivity index (χ0n) is 20.4. The second-order valence-electron chi connectivity index (χ2n) is 8.31. The molecule has 0 aliphatic carbocycles. The molecule has 0 heterocycles. The number of ether oxygens (including phenoxy) is 1. The van der Waals surface area contributed by atoms with E-state index in [0.29, 0.717) is 17.7 Å². The second kappa shape index (κ2) is 14.6. The fraction of sp³-hybridized carbons (Fsp3) is 0.522. The minimum Gasteiger partial charge on any atom is -0.469 e. The van der Waals surface area contributed by atoms with Crippen LogP contribution in [0.2, 0.25) is 0 Å². The molecule has 0 saturated carbocycles. The van der Waals surface area contributed by atoms with Gasteiger partial charge in [-0.2, -0.15) is 0 Å². The summed E-state index contributed by atoms with van der Waals surface area (Å²) >= 11 is 0. The van der Waals surface area contributed by atoms with Crippen molar-refractivity contribution in [3.63, 3.8) is 0 Å². The van der Waals surface area contributed by atoms with Crippen LogP contribution in [0.15, 0.2) is 24.3 Å². The highest BCUT2D eigenvalue weighted by molar-refractivity contribution is 6.04. The number of carbonyl (C=O) groups is 5.